The molecule has 0 atom stereocenters. The second kappa shape index (κ2) is 9.38. The van der Waals surface area contributed by atoms with Crippen LogP contribution in [0.4, 0.5) is 0 Å². The molecule has 0 saturated carbocycles. The minimum absolute atomic E-state index is 0.0671. The first-order valence-corrected chi connectivity index (χ1v) is 9.80. The van der Waals surface area contributed by atoms with Gasteiger partial charge in [-0.1, -0.05) is 12.1 Å². The Morgan fingerprint density at radius 1 is 1.25 bits per heavy atom. The second-order valence-electron chi connectivity index (χ2n) is 7.20. The normalized spacial score (nSPS) is 13.1. The van der Waals surface area contributed by atoms with Crippen molar-refractivity contribution in [1.82, 2.24) is 19.4 Å². The Labute approximate surface area is 183 Å². The number of carboxylic acids is 2. The van der Waals surface area contributed by atoms with Gasteiger partial charge >= 0.3 is 11.9 Å². The van der Waals surface area contributed by atoms with Gasteiger partial charge in [0.25, 0.3) is 5.91 Å². The molecular weight excluding hydrogens is 416 g/mol. The van der Waals surface area contributed by atoms with Crippen LogP contribution in [-0.4, -0.2) is 61.1 Å². The molecule has 0 unspecified atom stereocenters. The van der Waals surface area contributed by atoms with Crippen LogP contribution in [0, 0.1) is 6.92 Å². The van der Waals surface area contributed by atoms with E-state index in [0.717, 1.165) is 45.7 Å². The molecule has 0 bridgehead atoms. The van der Waals surface area contributed by atoms with Gasteiger partial charge in [0.05, 0.1) is 36.8 Å². The Bertz CT molecular complexity index is 1190. The predicted octanol–water partition coefficient (Wildman–Crippen LogP) is 2.13. The Morgan fingerprint density at radius 2 is 1.94 bits per heavy atom. The Hall–Kier alpha value is -4.08. The molecule has 0 aliphatic carbocycles. The summed E-state index contributed by atoms with van der Waals surface area (Å²) >= 11 is 0. The van der Waals surface area contributed by atoms with Gasteiger partial charge in [-0.05, 0) is 13.0 Å². The summed E-state index contributed by atoms with van der Waals surface area (Å²) in [7, 11) is 3.67. The van der Waals surface area contributed by atoms with E-state index in [1.165, 1.54) is 0 Å². The number of aromatic amines is 1. The van der Waals surface area contributed by atoms with E-state index in [9.17, 15) is 14.4 Å². The standard InChI is InChI=1S/C18H20N4O2.C4H4O4/c1-11-13(20-10-19-11)9-22-8-7-14-16(18(22)23)12-5-4-6-15(24-3)17(12)21(14)2;5-3(6)1-2-4(7)8/h4-6,10H,7-9H2,1-3H3,(H,19,20);1-2H,(H,5,6)(H,7,8)/b;2-1-. The summed E-state index contributed by atoms with van der Waals surface area (Å²) in [4.78, 5) is 41.5. The molecule has 32 heavy (non-hydrogen) atoms. The van der Waals surface area contributed by atoms with Crippen LogP contribution >= 0.6 is 0 Å². The number of carbonyl (C=O) groups is 3. The fourth-order valence-electron chi connectivity index (χ4n) is 3.75. The smallest absolute Gasteiger partial charge is 0.328 e. The van der Waals surface area contributed by atoms with Crippen LogP contribution in [0.15, 0.2) is 36.7 Å². The number of rotatable bonds is 5. The van der Waals surface area contributed by atoms with Crippen molar-refractivity contribution in [3.05, 3.63) is 59.3 Å². The first-order chi connectivity index (χ1) is 15.2. The zero-order valence-corrected chi connectivity index (χ0v) is 18.0. The van der Waals surface area contributed by atoms with Crippen LogP contribution in [0.3, 0.4) is 0 Å². The van der Waals surface area contributed by atoms with Crippen molar-refractivity contribution in [1.29, 1.82) is 0 Å². The first kappa shape index (κ1) is 22.6. The molecule has 168 valence electrons. The minimum atomic E-state index is -1.26. The largest absolute Gasteiger partial charge is 0.495 e. The summed E-state index contributed by atoms with van der Waals surface area (Å²) in [6.45, 7) is 3.21. The third kappa shape index (κ3) is 4.48. The molecule has 1 aromatic carbocycles. The highest BCUT2D eigenvalue weighted by Gasteiger charge is 2.31. The van der Waals surface area contributed by atoms with Crippen LogP contribution in [0.5, 0.6) is 5.75 Å². The SMILES string of the molecule is COc1cccc2c3c(n(C)c12)CCN(Cc1nc[nH]c1C)C3=O.O=C(O)/C=C\C(=O)O. The number of nitrogens with one attached hydrogen (secondary N) is 1. The summed E-state index contributed by atoms with van der Waals surface area (Å²) in [5, 5.41) is 16.6. The number of benzene rings is 1. The number of carboxylic acid groups (broad SMARTS) is 2. The van der Waals surface area contributed by atoms with Gasteiger partial charge in [0.15, 0.2) is 0 Å². The van der Waals surface area contributed by atoms with E-state index in [1.807, 2.05) is 37.1 Å². The maximum Gasteiger partial charge on any atom is 0.328 e. The highest BCUT2D eigenvalue weighted by molar-refractivity contribution is 6.10. The second-order valence-corrected chi connectivity index (χ2v) is 7.20. The number of H-pyrrole nitrogens is 1. The number of aryl methyl sites for hydroxylation is 2. The van der Waals surface area contributed by atoms with Crippen LogP contribution < -0.4 is 4.74 Å². The van der Waals surface area contributed by atoms with Gasteiger partial charge in [-0.25, -0.2) is 14.6 Å². The third-order valence-corrected chi connectivity index (χ3v) is 5.28. The molecule has 10 heteroatoms. The molecule has 3 heterocycles. The molecule has 4 rings (SSSR count). The number of aromatic nitrogens is 3. The number of fused-ring (bicyclic) bond motifs is 3. The highest BCUT2D eigenvalue weighted by Crippen LogP contribution is 2.35. The van der Waals surface area contributed by atoms with Gasteiger partial charge in [-0.3, -0.25) is 4.79 Å². The lowest BCUT2D eigenvalue weighted by Gasteiger charge is -2.27. The van der Waals surface area contributed by atoms with Crippen molar-refractivity contribution >= 4 is 28.7 Å². The van der Waals surface area contributed by atoms with Crippen molar-refractivity contribution in [2.75, 3.05) is 13.7 Å². The lowest BCUT2D eigenvalue weighted by atomic mass is 10.0. The topological polar surface area (TPSA) is 138 Å². The molecule has 3 aromatic rings. The first-order valence-electron chi connectivity index (χ1n) is 9.80. The average molecular weight is 440 g/mol. The van der Waals surface area contributed by atoms with E-state index in [1.54, 1.807) is 13.4 Å². The molecule has 1 amide bonds. The summed E-state index contributed by atoms with van der Waals surface area (Å²) in [6.07, 6.45) is 3.62. The molecule has 0 radical (unpaired) electrons. The summed E-state index contributed by atoms with van der Waals surface area (Å²) < 4.78 is 7.58. The highest BCUT2D eigenvalue weighted by atomic mass is 16.5. The Kier molecular flexibility index (Phi) is 6.62. The number of carbonyl (C=O) groups excluding carboxylic acids is 1. The van der Waals surface area contributed by atoms with E-state index >= 15 is 0 Å². The molecule has 0 fully saturated rings. The summed E-state index contributed by atoms with van der Waals surface area (Å²) in [5.41, 5.74) is 4.79. The van der Waals surface area contributed by atoms with Crippen LogP contribution in [0.25, 0.3) is 10.9 Å². The zero-order chi connectivity index (χ0) is 23.4. The van der Waals surface area contributed by atoms with E-state index in [2.05, 4.69) is 14.5 Å². The number of amides is 1. The average Bonchev–Trinajstić information content (AvgIpc) is 3.30. The Balaban J connectivity index is 0.000000312. The van der Waals surface area contributed by atoms with E-state index < -0.39 is 11.9 Å². The zero-order valence-electron chi connectivity index (χ0n) is 18.0. The number of para-hydroxylation sites is 1. The van der Waals surface area contributed by atoms with Crippen molar-refractivity contribution in [3.8, 4) is 5.75 Å². The van der Waals surface area contributed by atoms with Gasteiger partial charge < -0.3 is 29.4 Å². The van der Waals surface area contributed by atoms with Crippen molar-refractivity contribution in [3.63, 3.8) is 0 Å². The van der Waals surface area contributed by atoms with Crippen molar-refractivity contribution < 1.29 is 29.3 Å². The molecule has 3 N–H and O–H groups in total. The van der Waals surface area contributed by atoms with E-state index in [-0.39, 0.29) is 5.91 Å². The van der Waals surface area contributed by atoms with Crippen LogP contribution in [-0.2, 0) is 29.6 Å². The van der Waals surface area contributed by atoms with Gasteiger partial charge in [0.2, 0.25) is 0 Å². The third-order valence-electron chi connectivity index (χ3n) is 5.28. The van der Waals surface area contributed by atoms with Gasteiger partial charge in [0.1, 0.15) is 5.75 Å². The predicted molar refractivity (Wildman–Crippen MR) is 116 cm³/mol. The van der Waals surface area contributed by atoms with Gasteiger partial charge in [0, 0.05) is 48.9 Å². The number of imidazole rings is 1. The molecule has 1 aliphatic rings. The van der Waals surface area contributed by atoms with Crippen molar-refractivity contribution in [2.24, 2.45) is 7.05 Å². The maximum atomic E-state index is 13.1. The fraction of sp³-hybridized carbons (Fsp3) is 0.273. The monoisotopic (exact) mass is 440 g/mol. The maximum absolute atomic E-state index is 13.1. The van der Waals surface area contributed by atoms with Crippen LogP contribution in [0.2, 0.25) is 0 Å². The number of methoxy groups -OCH3 is 1. The number of aliphatic carboxylic acids is 2. The number of nitrogens with zero attached hydrogens (tertiary/aromatic N) is 3. The minimum Gasteiger partial charge on any atom is -0.495 e. The van der Waals surface area contributed by atoms with E-state index in [0.29, 0.717) is 25.2 Å². The fourth-order valence-corrected chi connectivity index (χ4v) is 3.75. The molecule has 0 spiro atoms. The summed E-state index contributed by atoms with van der Waals surface area (Å²) in [5.74, 6) is -1.65. The molecule has 10 nitrogen and oxygen atoms in total. The Morgan fingerprint density at radius 3 is 2.50 bits per heavy atom. The quantitative estimate of drug-likeness (QED) is 0.517. The summed E-state index contributed by atoms with van der Waals surface area (Å²) in [6, 6.07) is 5.87. The van der Waals surface area contributed by atoms with Crippen LogP contribution in [0.1, 0.15) is 27.4 Å². The lowest BCUT2D eigenvalue weighted by Crippen LogP contribution is -2.37. The number of hydrogen-bond acceptors (Lipinski definition) is 5. The molecule has 2 aromatic heterocycles. The van der Waals surface area contributed by atoms with Gasteiger partial charge in [-0.2, -0.15) is 0 Å². The van der Waals surface area contributed by atoms with Gasteiger partial charge in [-0.15, -0.1) is 0 Å². The number of ether oxygens (including phenoxy) is 1. The molecule has 0 saturated heterocycles. The van der Waals surface area contributed by atoms with Crippen molar-refractivity contribution in [2.45, 2.75) is 19.9 Å². The molecule has 1 aliphatic heterocycles. The number of hydrogen-bond donors (Lipinski definition) is 3. The lowest BCUT2D eigenvalue weighted by molar-refractivity contribution is -0.134. The molecular formula is C22H24N4O6. The van der Waals surface area contributed by atoms with E-state index in [4.69, 9.17) is 14.9 Å².